The summed E-state index contributed by atoms with van der Waals surface area (Å²) < 4.78 is 5.28. The molecule has 0 aromatic rings. The zero-order valence-electron chi connectivity index (χ0n) is 10.8. The van der Waals surface area contributed by atoms with Gasteiger partial charge in [-0.25, -0.2) is 0 Å². The largest absolute Gasteiger partial charge is 0.388 e. The van der Waals surface area contributed by atoms with Crippen molar-refractivity contribution in [1.29, 1.82) is 0 Å². The molecule has 17 heavy (non-hydrogen) atoms. The van der Waals surface area contributed by atoms with Crippen LogP contribution < -0.4 is 10.6 Å². The highest BCUT2D eigenvalue weighted by Crippen LogP contribution is 2.10. The molecular formula is C12H24N2O3. The van der Waals surface area contributed by atoms with Gasteiger partial charge in [-0.2, -0.15) is 0 Å². The second-order valence-electron chi connectivity index (χ2n) is 4.95. The second kappa shape index (κ2) is 6.93. The smallest absolute Gasteiger partial charge is 0.221 e. The molecule has 0 bridgehead atoms. The number of morpholine rings is 1. The molecule has 0 aromatic heterocycles. The highest BCUT2D eigenvalue weighted by atomic mass is 16.5. The first-order valence-corrected chi connectivity index (χ1v) is 6.34. The van der Waals surface area contributed by atoms with Crippen LogP contribution in [0.4, 0.5) is 0 Å². The van der Waals surface area contributed by atoms with E-state index in [4.69, 9.17) is 4.74 Å². The molecule has 2 atom stereocenters. The first kappa shape index (κ1) is 14.4. The monoisotopic (exact) mass is 244 g/mol. The van der Waals surface area contributed by atoms with Crippen molar-refractivity contribution in [3.05, 3.63) is 0 Å². The Morgan fingerprint density at radius 2 is 2.41 bits per heavy atom. The molecule has 2 unspecified atom stereocenters. The van der Waals surface area contributed by atoms with E-state index >= 15 is 0 Å². The van der Waals surface area contributed by atoms with Gasteiger partial charge in [0.2, 0.25) is 5.91 Å². The van der Waals surface area contributed by atoms with E-state index in [1.54, 1.807) is 6.92 Å². The number of hydrogen-bond acceptors (Lipinski definition) is 4. The Hall–Kier alpha value is -0.650. The van der Waals surface area contributed by atoms with E-state index in [-0.39, 0.29) is 11.9 Å². The van der Waals surface area contributed by atoms with Crippen LogP contribution in [0.25, 0.3) is 0 Å². The third kappa shape index (κ3) is 6.00. The average molecular weight is 244 g/mol. The summed E-state index contributed by atoms with van der Waals surface area (Å²) in [4.78, 5) is 11.6. The van der Waals surface area contributed by atoms with Crippen LogP contribution in [0.3, 0.4) is 0 Å². The summed E-state index contributed by atoms with van der Waals surface area (Å²) in [6, 6.07) is 0.0971. The number of nitrogens with one attached hydrogen (secondary N) is 2. The van der Waals surface area contributed by atoms with Crippen LogP contribution >= 0.6 is 0 Å². The van der Waals surface area contributed by atoms with Crippen molar-refractivity contribution < 1.29 is 14.6 Å². The minimum atomic E-state index is -0.805. The Bertz CT molecular complexity index is 238. The molecule has 1 fully saturated rings. The molecule has 3 N–H and O–H groups in total. The van der Waals surface area contributed by atoms with Gasteiger partial charge in [0.1, 0.15) is 0 Å². The first-order chi connectivity index (χ1) is 8.03. The van der Waals surface area contributed by atoms with Crippen molar-refractivity contribution in [2.75, 3.05) is 26.3 Å². The van der Waals surface area contributed by atoms with Crippen LogP contribution in [0, 0.1) is 0 Å². The van der Waals surface area contributed by atoms with Gasteiger partial charge >= 0.3 is 0 Å². The van der Waals surface area contributed by atoms with Crippen LogP contribution in [-0.4, -0.2) is 49.0 Å². The van der Waals surface area contributed by atoms with Crippen LogP contribution in [0.15, 0.2) is 0 Å². The zero-order chi connectivity index (χ0) is 12.7. The summed E-state index contributed by atoms with van der Waals surface area (Å²) in [6.45, 7) is 6.17. The molecule has 0 aromatic carbocycles. The summed E-state index contributed by atoms with van der Waals surface area (Å²) >= 11 is 0. The summed E-state index contributed by atoms with van der Waals surface area (Å²) in [5.74, 6) is -0.0376. The molecule has 1 aliphatic rings. The van der Waals surface area contributed by atoms with Crippen molar-refractivity contribution in [2.24, 2.45) is 0 Å². The molecule has 0 radical (unpaired) electrons. The quantitative estimate of drug-likeness (QED) is 0.616. The second-order valence-corrected chi connectivity index (χ2v) is 4.95. The fraction of sp³-hybridized carbons (Fsp3) is 0.917. The average Bonchev–Trinajstić information content (AvgIpc) is 2.28. The van der Waals surface area contributed by atoms with Gasteiger partial charge < -0.3 is 20.5 Å². The lowest BCUT2D eigenvalue weighted by molar-refractivity contribution is -0.123. The van der Waals surface area contributed by atoms with Gasteiger partial charge in [-0.15, -0.1) is 0 Å². The predicted octanol–water partition coefficient (Wildman–Crippen LogP) is 0.0322. The molecule has 1 aliphatic heterocycles. The van der Waals surface area contributed by atoms with Crippen molar-refractivity contribution in [3.8, 4) is 0 Å². The van der Waals surface area contributed by atoms with Gasteiger partial charge in [0.25, 0.3) is 0 Å². The number of carbonyl (C=O) groups is 1. The van der Waals surface area contributed by atoms with Crippen LogP contribution in [0.1, 0.15) is 33.1 Å². The molecule has 1 rings (SSSR count). The Balaban J connectivity index is 2.20. The van der Waals surface area contributed by atoms with Crippen LogP contribution in [0.5, 0.6) is 0 Å². The van der Waals surface area contributed by atoms with Gasteiger partial charge in [0.05, 0.1) is 18.8 Å². The lowest BCUT2D eigenvalue weighted by Gasteiger charge is -2.25. The minimum absolute atomic E-state index is 0.0376. The summed E-state index contributed by atoms with van der Waals surface area (Å²) in [5, 5.41) is 15.9. The van der Waals surface area contributed by atoms with Crippen LogP contribution in [-0.2, 0) is 9.53 Å². The Labute approximate surface area is 103 Å². The van der Waals surface area contributed by atoms with E-state index in [0.717, 1.165) is 13.0 Å². The molecule has 100 valence electrons. The number of amides is 1. The zero-order valence-corrected chi connectivity index (χ0v) is 10.8. The number of ether oxygens (including phenoxy) is 1. The third-order valence-electron chi connectivity index (χ3n) is 2.89. The highest BCUT2D eigenvalue weighted by molar-refractivity contribution is 5.76. The fourth-order valence-electron chi connectivity index (χ4n) is 1.96. The van der Waals surface area contributed by atoms with Crippen molar-refractivity contribution >= 4 is 5.91 Å². The first-order valence-electron chi connectivity index (χ1n) is 6.34. The maximum absolute atomic E-state index is 11.6. The van der Waals surface area contributed by atoms with Gasteiger partial charge in [-0.05, 0) is 13.3 Å². The SMILES string of the molecule is CCCC(C)(O)CNC(=O)CC1COCCN1. The van der Waals surface area contributed by atoms with E-state index in [0.29, 0.717) is 32.6 Å². The predicted molar refractivity (Wildman–Crippen MR) is 65.8 cm³/mol. The lowest BCUT2D eigenvalue weighted by Crippen LogP contribution is -2.46. The number of carbonyl (C=O) groups excluding carboxylic acids is 1. The normalized spacial score (nSPS) is 24.1. The molecule has 0 spiro atoms. The van der Waals surface area contributed by atoms with E-state index in [2.05, 4.69) is 10.6 Å². The van der Waals surface area contributed by atoms with Crippen LogP contribution in [0.2, 0.25) is 0 Å². The molecular weight excluding hydrogens is 220 g/mol. The minimum Gasteiger partial charge on any atom is -0.388 e. The molecule has 1 amide bonds. The lowest BCUT2D eigenvalue weighted by atomic mass is 10.0. The third-order valence-corrected chi connectivity index (χ3v) is 2.89. The van der Waals surface area contributed by atoms with Gasteiger partial charge in [0.15, 0.2) is 0 Å². The summed E-state index contributed by atoms with van der Waals surface area (Å²) in [7, 11) is 0. The van der Waals surface area contributed by atoms with Crippen molar-refractivity contribution in [3.63, 3.8) is 0 Å². The van der Waals surface area contributed by atoms with Gasteiger partial charge in [0, 0.05) is 25.6 Å². The highest BCUT2D eigenvalue weighted by Gasteiger charge is 2.21. The number of aliphatic hydroxyl groups is 1. The summed E-state index contributed by atoms with van der Waals surface area (Å²) in [5.41, 5.74) is -0.805. The van der Waals surface area contributed by atoms with Gasteiger partial charge in [-0.1, -0.05) is 13.3 Å². The van der Waals surface area contributed by atoms with Gasteiger partial charge in [-0.3, -0.25) is 4.79 Å². The Morgan fingerprint density at radius 3 is 3.00 bits per heavy atom. The maximum Gasteiger partial charge on any atom is 0.221 e. The van der Waals surface area contributed by atoms with E-state index in [1.165, 1.54) is 0 Å². The number of rotatable bonds is 6. The molecule has 5 heteroatoms. The standard InChI is InChI=1S/C12H24N2O3/c1-3-4-12(2,16)9-14-11(15)7-10-8-17-6-5-13-10/h10,13,16H,3-9H2,1-2H3,(H,14,15). The molecule has 1 heterocycles. The fourth-order valence-corrected chi connectivity index (χ4v) is 1.96. The van der Waals surface area contributed by atoms with Crippen molar-refractivity contribution in [2.45, 2.75) is 44.8 Å². The molecule has 5 nitrogen and oxygen atoms in total. The Morgan fingerprint density at radius 1 is 1.65 bits per heavy atom. The van der Waals surface area contributed by atoms with Crippen molar-refractivity contribution in [1.82, 2.24) is 10.6 Å². The Kier molecular flexibility index (Phi) is 5.88. The summed E-state index contributed by atoms with van der Waals surface area (Å²) in [6.07, 6.45) is 2.00. The van der Waals surface area contributed by atoms with E-state index < -0.39 is 5.60 Å². The molecule has 0 saturated carbocycles. The molecule has 0 aliphatic carbocycles. The molecule has 1 saturated heterocycles. The van der Waals surface area contributed by atoms with E-state index in [9.17, 15) is 9.90 Å². The topological polar surface area (TPSA) is 70.6 Å². The maximum atomic E-state index is 11.6. The van der Waals surface area contributed by atoms with E-state index in [1.807, 2.05) is 6.92 Å². The number of hydrogen-bond donors (Lipinski definition) is 3.